The van der Waals surface area contributed by atoms with Gasteiger partial charge in [-0.3, -0.25) is 0 Å². The standard InChI is InChI=1S/C20H25N3O/c1-2-5-17(6-3-1)22-18-7-4-12-23(14-18)20-13-19(10-11-21-20)24-15-16-8-9-16/h1-3,5-6,10-11,13,16,18,22H,4,7-9,12,14-15H2/t18-/m1/s1. The van der Waals surface area contributed by atoms with Gasteiger partial charge >= 0.3 is 0 Å². The van der Waals surface area contributed by atoms with Crippen LogP contribution in [0.15, 0.2) is 48.7 Å². The smallest absolute Gasteiger partial charge is 0.132 e. The second-order valence-electron chi connectivity index (χ2n) is 6.90. The molecule has 1 saturated heterocycles. The van der Waals surface area contributed by atoms with Gasteiger partial charge in [0.15, 0.2) is 0 Å². The molecule has 1 N–H and O–H groups in total. The lowest BCUT2D eigenvalue weighted by Crippen LogP contribution is -2.42. The summed E-state index contributed by atoms with van der Waals surface area (Å²) in [7, 11) is 0. The molecule has 24 heavy (non-hydrogen) atoms. The van der Waals surface area contributed by atoms with Gasteiger partial charge in [0.1, 0.15) is 11.6 Å². The first-order valence-electron chi connectivity index (χ1n) is 9.02. The molecule has 0 unspecified atom stereocenters. The Morgan fingerprint density at radius 2 is 2.00 bits per heavy atom. The molecule has 2 aliphatic rings. The van der Waals surface area contributed by atoms with E-state index in [9.17, 15) is 0 Å². The predicted molar refractivity (Wildman–Crippen MR) is 97.8 cm³/mol. The number of para-hydroxylation sites is 1. The molecule has 1 aromatic heterocycles. The summed E-state index contributed by atoms with van der Waals surface area (Å²) in [5.41, 5.74) is 1.19. The van der Waals surface area contributed by atoms with Crippen LogP contribution in [-0.4, -0.2) is 30.7 Å². The molecule has 1 aliphatic heterocycles. The summed E-state index contributed by atoms with van der Waals surface area (Å²) in [6.45, 7) is 2.89. The molecule has 1 aliphatic carbocycles. The van der Waals surface area contributed by atoms with Crippen molar-refractivity contribution in [2.24, 2.45) is 5.92 Å². The number of hydrogen-bond donors (Lipinski definition) is 1. The van der Waals surface area contributed by atoms with Crippen LogP contribution >= 0.6 is 0 Å². The zero-order chi connectivity index (χ0) is 16.2. The molecule has 1 aromatic carbocycles. The van der Waals surface area contributed by atoms with Crippen LogP contribution in [0.25, 0.3) is 0 Å². The average molecular weight is 323 g/mol. The van der Waals surface area contributed by atoms with E-state index in [1.165, 1.54) is 31.4 Å². The lowest BCUT2D eigenvalue weighted by atomic mass is 10.1. The van der Waals surface area contributed by atoms with E-state index in [-0.39, 0.29) is 0 Å². The summed E-state index contributed by atoms with van der Waals surface area (Å²) in [4.78, 5) is 6.93. The summed E-state index contributed by atoms with van der Waals surface area (Å²) in [6.07, 6.45) is 6.88. The third-order valence-corrected chi connectivity index (χ3v) is 4.79. The Balaban J connectivity index is 1.38. The minimum Gasteiger partial charge on any atom is -0.493 e. The Kier molecular flexibility index (Phi) is 4.54. The Hall–Kier alpha value is -2.23. The minimum atomic E-state index is 0.457. The lowest BCUT2D eigenvalue weighted by Gasteiger charge is -2.34. The molecule has 1 atom stereocenters. The number of ether oxygens (including phenoxy) is 1. The number of nitrogens with zero attached hydrogens (tertiary/aromatic N) is 2. The fourth-order valence-electron chi connectivity index (χ4n) is 3.23. The molecule has 4 rings (SSSR count). The molecule has 2 heterocycles. The lowest BCUT2D eigenvalue weighted by molar-refractivity contribution is 0.299. The largest absolute Gasteiger partial charge is 0.493 e. The second-order valence-corrected chi connectivity index (χ2v) is 6.90. The van der Waals surface area contributed by atoms with Gasteiger partial charge in [-0.2, -0.15) is 0 Å². The van der Waals surface area contributed by atoms with Crippen molar-refractivity contribution in [2.45, 2.75) is 31.7 Å². The third kappa shape index (κ3) is 3.99. The van der Waals surface area contributed by atoms with Gasteiger partial charge in [-0.05, 0) is 49.8 Å². The highest BCUT2D eigenvalue weighted by Gasteiger charge is 2.23. The maximum Gasteiger partial charge on any atom is 0.132 e. The van der Waals surface area contributed by atoms with Gasteiger partial charge in [-0.15, -0.1) is 0 Å². The van der Waals surface area contributed by atoms with E-state index in [0.717, 1.165) is 37.2 Å². The number of nitrogens with one attached hydrogen (secondary N) is 1. The SMILES string of the molecule is c1ccc(N[C@@H]2CCCN(c3cc(OCC4CC4)ccn3)C2)cc1. The first-order chi connectivity index (χ1) is 11.9. The van der Waals surface area contributed by atoms with Gasteiger partial charge in [0, 0.05) is 37.1 Å². The topological polar surface area (TPSA) is 37.4 Å². The molecule has 0 radical (unpaired) electrons. The number of rotatable bonds is 6. The Bertz CT molecular complexity index is 657. The summed E-state index contributed by atoms with van der Waals surface area (Å²) in [5.74, 6) is 2.75. The van der Waals surface area contributed by atoms with Crippen molar-refractivity contribution in [3.63, 3.8) is 0 Å². The van der Waals surface area contributed by atoms with Crippen LogP contribution in [0, 0.1) is 5.92 Å². The van der Waals surface area contributed by atoms with E-state index in [1.54, 1.807) is 0 Å². The summed E-state index contributed by atoms with van der Waals surface area (Å²) >= 11 is 0. The van der Waals surface area contributed by atoms with Crippen LogP contribution in [0.5, 0.6) is 5.75 Å². The summed E-state index contributed by atoms with van der Waals surface area (Å²) in [5, 5.41) is 3.64. The quantitative estimate of drug-likeness (QED) is 0.873. The van der Waals surface area contributed by atoms with Crippen LogP contribution in [0.4, 0.5) is 11.5 Å². The van der Waals surface area contributed by atoms with Crippen LogP contribution < -0.4 is 15.0 Å². The van der Waals surface area contributed by atoms with Gasteiger partial charge in [-0.1, -0.05) is 18.2 Å². The first kappa shape index (κ1) is 15.3. The fraction of sp³-hybridized carbons (Fsp3) is 0.450. The van der Waals surface area contributed by atoms with Crippen LogP contribution in [0.1, 0.15) is 25.7 Å². The van der Waals surface area contributed by atoms with Gasteiger partial charge in [0.25, 0.3) is 0 Å². The maximum atomic E-state index is 5.90. The molecule has 0 spiro atoms. The number of aromatic nitrogens is 1. The van der Waals surface area contributed by atoms with Crippen molar-refractivity contribution < 1.29 is 4.74 Å². The van der Waals surface area contributed by atoms with Crippen LogP contribution in [-0.2, 0) is 0 Å². The van der Waals surface area contributed by atoms with Crippen molar-refractivity contribution in [1.82, 2.24) is 4.98 Å². The van der Waals surface area contributed by atoms with Crippen molar-refractivity contribution in [3.8, 4) is 5.75 Å². The van der Waals surface area contributed by atoms with E-state index in [4.69, 9.17) is 4.74 Å². The van der Waals surface area contributed by atoms with Crippen molar-refractivity contribution in [1.29, 1.82) is 0 Å². The average Bonchev–Trinajstić information content (AvgIpc) is 3.46. The highest BCUT2D eigenvalue weighted by atomic mass is 16.5. The molecule has 2 fully saturated rings. The molecule has 1 saturated carbocycles. The summed E-state index contributed by atoms with van der Waals surface area (Å²) < 4.78 is 5.90. The number of hydrogen-bond acceptors (Lipinski definition) is 4. The normalized spacial score (nSPS) is 20.7. The van der Waals surface area contributed by atoms with E-state index in [2.05, 4.69) is 51.6 Å². The van der Waals surface area contributed by atoms with Crippen molar-refractivity contribution in [2.75, 3.05) is 29.9 Å². The van der Waals surface area contributed by atoms with Crippen LogP contribution in [0.3, 0.4) is 0 Å². The number of piperidine rings is 1. The maximum absolute atomic E-state index is 5.90. The van der Waals surface area contributed by atoms with E-state index in [0.29, 0.717) is 6.04 Å². The Morgan fingerprint density at radius 3 is 2.83 bits per heavy atom. The molecule has 0 bridgehead atoms. The molecule has 126 valence electrons. The van der Waals surface area contributed by atoms with Gasteiger partial charge in [0.05, 0.1) is 6.61 Å². The van der Waals surface area contributed by atoms with E-state index in [1.807, 2.05) is 12.3 Å². The van der Waals surface area contributed by atoms with Gasteiger partial charge in [-0.25, -0.2) is 4.98 Å². The second kappa shape index (κ2) is 7.12. The van der Waals surface area contributed by atoms with Crippen LogP contribution in [0.2, 0.25) is 0 Å². The fourth-order valence-corrected chi connectivity index (χ4v) is 3.23. The molecule has 4 heteroatoms. The van der Waals surface area contributed by atoms with Gasteiger partial charge in [0.2, 0.25) is 0 Å². The van der Waals surface area contributed by atoms with Crippen molar-refractivity contribution in [3.05, 3.63) is 48.7 Å². The highest BCUT2D eigenvalue weighted by molar-refractivity contribution is 5.47. The molecule has 2 aromatic rings. The predicted octanol–water partition coefficient (Wildman–Crippen LogP) is 3.95. The van der Waals surface area contributed by atoms with Gasteiger partial charge < -0.3 is 15.0 Å². The molecule has 4 nitrogen and oxygen atoms in total. The minimum absolute atomic E-state index is 0.457. The van der Waals surface area contributed by atoms with Crippen molar-refractivity contribution >= 4 is 11.5 Å². The number of pyridine rings is 1. The monoisotopic (exact) mass is 323 g/mol. The third-order valence-electron chi connectivity index (χ3n) is 4.79. The first-order valence-corrected chi connectivity index (χ1v) is 9.02. The molecular formula is C20H25N3O. The summed E-state index contributed by atoms with van der Waals surface area (Å²) in [6, 6.07) is 15.0. The zero-order valence-electron chi connectivity index (χ0n) is 14.0. The Labute approximate surface area is 143 Å². The molecule has 0 amide bonds. The van der Waals surface area contributed by atoms with E-state index < -0.39 is 0 Å². The number of anilines is 2. The van der Waals surface area contributed by atoms with E-state index >= 15 is 0 Å². The highest BCUT2D eigenvalue weighted by Crippen LogP contribution is 2.30. The zero-order valence-corrected chi connectivity index (χ0v) is 14.0. The Morgan fingerprint density at radius 1 is 1.12 bits per heavy atom. The number of benzene rings is 1. The molecular weight excluding hydrogens is 298 g/mol.